The molecule has 0 aliphatic heterocycles. The number of alkyl halides is 3. The third-order valence-electron chi connectivity index (χ3n) is 0.798. The predicted molar refractivity (Wildman–Crippen MR) is 30.6 cm³/mol. The molecule has 0 atom stereocenters. The van der Waals surface area contributed by atoms with Crippen LogP contribution in [0.3, 0.4) is 0 Å². The van der Waals surface area contributed by atoms with Crippen LogP contribution in [0.1, 0.15) is 5.69 Å². The summed E-state index contributed by atoms with van der Waals surface area (Å²) in [5.74, 6) is 0. The van der Waals surface area contributed by atoms with Gasteiger partial charge >= 0.3 is 5.38 Å². The normalized spacial score (nSPS) is 11.5. The molecule has 1 radical (unpaired) electrons. The molecule has 53 valence electrons. The fraction of sp³-hybridized carbons (Fsp3) is 0.200. The van der Waals surface area contributed by atoms with Crippen LogP contribution in [0.2, 0.25) is 0 Å². The molecule has 1 rings (SSSR count). The van der Waals surface area contributed by atoms with Gasteiger partial charge < -0.3 is 0 Å². The Morgan fingerprint density at radius 3 is 2.60 bits per heavy atom. The summed E-state index contributed by atoms with van der Waals surface area (Å²) in [6, 6.07) is 2.10. The van der Waals surface area contributed by atoms with E-state index in [1.165, 1.54) is 0 Å². The molecule has 1 heterocycles. The van der Waals surface area contributed by atoms with E-state index in [2.05, 4.69) is 27.6 Å². The van der Waals surface area contributed by atoms with Crippen LogP contribution in [-0.4, -0.2) is 9.97 Å². The van der Waals surface area contributed by atoms with Crippen LogP contribution in [0, 0.1) is 6.07 Å². The topological polar surface area (TPSA) is 25.8 Å². The van der Waals surface area contributed by atoms with E-state index in [0.717, 1.165) is 12.5 Å². The molecule has 2 nitrogen and oxygen atoms in total. The van der Waals surface area contributed by atoms with E-state index in [-0.39, 0.29) is 0 Å². The van der Waals surface area contributed by atoms with Crippen molar-refractivity contribution >= 4 is 11.6 Å². The summed E-state index contributed by atoms with van der Waals surface area (Å²) in [6.07, 6.45) is 2.07. The molecule has 0 spiro atoms. The van der Waals surface area contributed by atoms with Crippen molar-refractivity contribution in [3.63, 3.8) is 0 Å². The molecule has 0 saturated heterocycles. The second kappa shape index (κ2) is 2.46. The standard InChI is InChI=1S/C5H2ClF2N2/c6-5(7,8)4-1-2-9-3-10-4/h2-3H. The lowest BCUT2D eigenvalue weighted by Crippen LogP contribution is -2.05. The minimum absolute atomic E-state index is 0.607. The van der Waals surface area contributed by atoms with Crippen LogP contribution in [0.15, 0.2) is 12.5 Å². The van der Waals surface area contributed by atoms with Gasteiger partial charge in [-0.1, -0.05) is 0 Å². The fourth-order valence-electron chi connectivity index (χ4n) is 0.415. The summed E-state index contributed by atoms with van der Waals surface area (Å²) >= 11 is 4.60. The summed E-state index contributed by atoms with van der Waals surface area (Å²) in [4.78, 5) is 6.60. The molecule has 1 aromatic heterocycles. The lowest BCUT2D eigenvalue weighted by atomic mass is 10.4. The van der Waals surface area contributed by atoms with Gasteiger partial charge in [0.1, 0.15) is 12.0 Å². The van der Waals surface area contributed by atoms with Crippen LogP contribution in [0.5, 0.6) is 0 Å². The molecule has 0 aliphatic carbocycles. The Morgan fingerprint density at radius 1 is 1.60 bits per heavy atom. The van der Waals surface area contributed by atoms with Gasteiger partial charge in [-0.2, -0.15) is 8.78 Å². The highest BCUT2D eigenvalue weighted by molar-refractivity contribution is 6.21. The van der Waals surface area contributed by atoms with E-state index in [1.807, 2.05) is 0 Å². The maximum absolute atomic E-state index is 12.1. The van der Waals surface area contributed by atoms with E-state index >= 15 is 0 Å². The summed E-state index contributed by atoms with van der Waals surface area (Å²) in [7, 11) is 0. The molecule has 0 aromatic carbocycles. The van der Waals surface area contributed by atoms with Gasteiger partial charge in [0.15, 0.2) is 0 Å². The van der Waals surface area contributed by atoms with Gasteiger partial charge in [0.05, 0.1) is 0 Å². The molecular formula is C5H2ClF2N2. The van der Waals surface area contributed by atoms with E-state index < -0.39 is 11.1 Å². The highest BCUT2D eigenvalue weighted by atomic mass is 35.5. The highest BCUT2D eigenvalue weighted by Gasteiger charge is 2.29. The Kier molecular flexibility index (Phi) is 1.80. The number of rotatable bonds is 1. The number of hydrogen-bond donors (Lipinski definition) is 0. The van der Waals surface area contributed by atoms with Crippen molar-refractivity contribution in [3.05, 3.63) is 24.3 Å². The largest absolute Gasteiger partial charge is 0.365 e. The van der Waals surface area contributed by atoms with Crippen molar-refractivity contribution in [1.29, 1.82) is 0 Å². The summed E-state index contributed by atoms with van der Waals surface area (Å²) < 4.78 is 24.2. The molecule has 0 bridgehead atoms. The molecule has 0 aliphatic rings. The van der Waals surface area contributed by atoms with Crippen LogP contribution in [-0.2, 0) is 5.38 Å². The van der Waals surface area contributed by atoms with Crippen molar-refractivity contribution in [2.45, 2.75) is 5.38 Å². The molecule has 0 fully saturated rings. The van der Waals surface area contributed by atoms with Crippen molar-refractivity contribution < 1.29 is 8.78 Å². The Hall–Kier alpha value is -0.770. The summed E-state index contributed by atoms with van der Waals surface area (Å²) in [6.45, 7) is 0. The molecule has 1 aromatic rings. The molecule has 0 amide bonds. The number of hydrogen-bond acceptors (Lipinski definition) is 2. The van der Waals surface area contributed by atoms with Crippen molar-refractivity contribution in [2.75, 3.05) is 0 Å². The van der Waals surface area contributed by atoms with Gasteiger partial charge in [-0.05, 0) is 11.6 Å². The first-order valence-electron chi connectivity index (χ1n) is 2.35. The van der Waals surface area contributed by atoms with E-state index in [9.17, 15) is 8.78 Å². The average molecular weight is 164 g/mol. The van der Waals surface area contributed by atoms with Crippen LogP contribution < -0.4 is 0 Å². The molecule has 5 heteroatoms. The highest BCUT2D eigenvalue weighted by Crippen LogP contribution is 2.29. The molecule has 0 N–H and O–H groups in total. The first kappa shape index (κ1) is 7.34. The monoisotopic (exact) mass is 163 g/mol. The quantitative estimate of drug-likeness (QED) is 0.588. The van der Waals surface area contributed by atoms with Gasteiger partial charge in [-0.25, -0.2) is 9.97 Å². The van der Waals surface area contributed by atoms with Gasteiger partial charge in [-0.3, -0.25) is 0 Å². The minimum atomic E-state index is -3.44. The first-order chi connectivity index (χ1) is 4.61. The van der Waals surface area contributed by atoms with E-state index in [0.29, 0.717) is 0 Å². The Balaban J connectivity index is 2.97. The first-order valence-corrected chi connectivity index (χ1v) is 2.73. The van der Waals surface area contributed by atoms with Gasteiger partial charge in [0, 0.05) is 12.3 Å². The van der Waals surface area contributed by atoms with Crippen molar-refractivity contribution in [1.82, 2.24) is 9.97 Å². The van der Waals surface area contributed by atoms with Gasteiger partial charge in [0.2, 0.25) is 0 Å². The van der Waals surface area contributed by atoms with Crippen LogP contribution in [0.25, 0.3) is 0 Å². The average Bonchev–Trinajstić information content (AvgIpc) is 1.88. The van der Waals surface area contributed by atoms with E-state index in [1.54, 1.807) is 0 Å². The zero-order chi connectivity index (χ0) is 7.61. The maximum Gasteiger partial charge on any atom is 0.365 e. The summed E-state index contributed by atoms with van der Waals surface area (Å²) in [5.41, 5.74) is -0.607. The number of nitrogens with zero attached hydrogens (tertiary/aromatic N) is 2. The third kappa shape index (κ3) is 1.60. The predicted octanol–water partition coefficient (Wildman–Crippen LogP) is 1.56. The second-order valence-electron chi connectivity index (χ2n) is 1.51. The second-order valence-corrected chi connectivity index (χ2v) is 1.99. The van der Waals surface area contributed by atoms with Gasteiger partial charge in [0.25, 0.3) is 0 Å². The van der Waals surface area contributed by atoms with Crippen LogP contribution >= 0.6 is 11.6 Å². The van der Waals surface area contributed by atoms with Gasteiger partial charge in [-0.15, -0.1) is 0 Å². The Bertz CT molecular complexity index is 209. The molecule has 0 unspecified atom stereocenters. The molecular weight excluding hydrogens is 162 g/mol. The Labute approximate surface area is 60.9 Å². The van der Waals surface area contributed by atoms with Crippen molar-refractivity contribution in [3.8, 4) is 0 Å². The Morgan fingerprint density at radius 2 is 2.30 bits per heavy atom. The zero-order valence-corrected chi connectivity index (χ0v) is 5.44. The summed E-state index contributed by atoms with van der Waals surface area (Å²) in [5, 5.41) is -3.44. The zero-order valence-electron chi connectivity index (χ0n) is 4.68. The van der Waals surface area contributed by atoms with E-state index in [4.69, 9.17) is 0 Å². The molecule has 10 heavy (non-hydrogen) atoms. The van der Waals surface area contributed by atoms with Crippen molar-refractivity contribution in [2.24, 2.45) is 0 Å². The minimum Gasteiger partial charge on any atom is -0.244 e. The lowest BCUT2D eigenvalue weighted by molar-refractivity contribution is 0.0895. The number of halogens is 3. The lowest BCUT2D eigenvalue weighted by Gasteiger charge is -2.03. The third-order valence-corrected chi connectivity index (χ3v) is 0.977. The maximum atomic E-state index is 12.1. The number of aromatic nitrogens is 2. The SMILES string of the molecule is FC(F)(Cl)c1[c]cncn1. The van der Waals surface area contributed by atoms with Crippen LogP contribution in [0.4, 0.5) is 8.78 Å². The molecule has 0 saturated carbocycles. The smallest absolute Gasteiger partial charge is 0.244 e. The fourth-order valence-corrected chi connectivity index (χ4v) is 0.518.